The number of benzene rings is 1. The Morgan fingerprint density at radius 2 is 2.08 bits per heavy atom. The molecule has 7 nitrogen and oxygen atoms in total. The quantitative estimate of drug-likeness (QED) is 0.740. The van der Waals surface area contributed by atoms with Gasteiger partial charge in [-0.05, 0) is 38.5 Å². The second kappa shape index (κ2) is 5.94. The van der Waals surface area contributed by atoms with E-state index in [2.05, 4.69) is 10.1 Å². The van der Waals surface area contributed by atoms with Crippen LogP contribution in [-0.2, 0) is 0 Å². The average Bonchev–Trinajstić information content (AvgIpc) is 2.86. The minimum absolute atomic E-state index is 0.0597. The second-order valence-corrected chi connectivity index (χ2v) is 7.16. The van der Waals surface area contributed by atoms with Gasteiger partial charge in [-0.1, -0.05) is 11.8 Å². The molecule has 0 saturated heterocycles. The van der Waals surface area contributed by atoms with Crippen molar-refractivity contribution >= 4 is 22.6 Å². The van der Waals surface area contributed by atoms with Crippen LogP contribution in [0.1, 0.15) is 43.2 Å². The Labute approximate surface area is 143 Å². The molecular weight excluding hydrogens is 330 g/mol. The number of ether oxygens (including phenoxy) is 1. The van der Waals surface area contributed by atoms with Crippen molar-refractivity contribution in [2.45, 2.75) is 32.1 Å². The largest absolute Gasteiger partial charge is 0.504 e. The van der Waals surface area contributed by atoms with Gasteiger partial charge < -0.3 is 14.9 Å². The first-order valence-corrected chi connectivity index (χ1v) is 8.37. The normalized spacial score (nSPS) is 16.9. The fraction of sp³-hybridized carbons (Fsp3) is 0.375. The number of aliphatic imine (C=N–C) groups is 1. The zero-order chi connectivity index (χ0) is 17.6. The van der Waals surface area contributed by atoms with E-state index in [1.54, 1.807) is 10.7 Å². The molecule has 3 N–H and O–H groups in total. The topological polar surface area (TPSA) is 99.8 Å². The van der Waals surface area contributed by atoms with Crippen LogP contribution >= 0.6 is 11.8 Å². The third-order valence-electron chi connectivity index (χ3n) is 3.87. The Hall–Kier alpha value is -2.35. The van der Waals surface area contributed by atoms with Gasteiger partial charge in [-0.25, -0.2) is 4.99 Å². The van der Waals surface area contributed by atoms with E-state index in [4.69, 9.17) is 4.74 Å². The van der Waals surface area contributed by atoms with Crippen LogP contribution in [-0.4, -0.2) is 32.1 Å². The molecule has 1 aromatic heterocycles. The van der Waals surface area contributed by atoms with Crippen molar-refractivity contribution in [3.05, 3.63) is 33.6 Å². The van der Waals surface area contributed by atoms with E-state index < -0.39 is 0 Å². The van der Waals surface area contributed by atoms with Crippen molar-refractivity contribution in [3.8, 4) is 17.2 Å². The van der Waals surface area contributed by atoms with E-state index in [1.807, 2.05) is 20.8 Å². The van der Waals surface area contributed by atoms with Crippen molar-refractivity contribution < 1.29 is 14.9 Å². The molecule has 3 rings (SSSR count). The van der Waals surface area contributed by atoms with Crippen molar-refractivity contribution in [1.29, 1.82) is 0 Å². The average molecular weight is 349 g/mol. The number of thioether (sulfide) groups is 1. The van der Waals surface area contributed by atoms with E-state index >= 15 is 0 Å². The second-order valence-electron chi connectivity index (χ2n) is 5.86. The fourth-order valence-corrected chi connectivity index (χ4v) is 3.82. The van der Waals surface area contributed by atoms with Crippen LogP contribution in [0.5, 0.6) is 17.2 Å². The van der Waals surface area contributed by atoms with Gasteiger partial charge in [0.1, 0.15) is 0 Å². The van der Waals surface area contributed by atoms with Crippen molar-refractivity contribution in [2.75, 3.05) is 7.11 Å². The number of fused-ring (bicyclic) bond motifs is 1. The molecule has 1 aliphatic heterocycles. The Bertz CT molecular complexity index is 882. The first-order chi connectivity index (χ1) is 11.3. The van der Waals surface area contributed by atoms with Gasteiger partial charge in [0.2, 0.25) is 5.75 Å². The molecule has 0 unspecified atom stereocenters. The molecule has 2 aromatic rings. The van der Waals surface area contributed by atoms with Crippen molar-refractivity contribution in [3.63, 3.8) is 0 Å². The molecule has 1 aliphatic rings. The maximum atomic E-state index is 12.5. The van der Waals surface area contributed by atoms with Gasteiger partial charge in [-0.15, -0.1) is 0 Å². The molecule has 24 heavy (non-hydrogen) atoms. The Morgan fingerprint density at radius 1 is 1.38 bits per heavy atom. The number of hydrogen-bond donors (Lipinski definition) is 3. The minimum Gasteiger partial charge on any atom is -0.504 e. The van der Waals surface area contributed by atoms with E-state index in [-0.39, 0.29) is 34.1 Å². The van der Waals surface area contributed by atoms with Gasteiger partial charge >= 0.3 is 0 Å². The predicted octanol–water partition coefficient (Wildman–Crippen LogP) is 3.06. The number of phenolic OH excluding ortho intramolecular Hbond substituents is 2. The molecule has 0 amide bonds. The molecule has 0 spiro atoms. The number of hydrogen-bond acceptors (Lipinski definition) is 6. The lowest BCUT2D eigenvalue weighted by Gasteiger charge is -2.22. The number of aromatic amines is 1. The Balaban J connectivity index is 2.21. The summed E-state index contributed by atoms with van der Waals surface area (Å²) in [6.07, 6.45) is 0. The molecule has 0 aliphatic carbocycles. The molecule has 1 atom stereocenters. The molecule has 0 saturated carbocycles. The van der Waals surface area contributed by atoms with Gasteiger partial charge in [0.25, 0.3) is 5.56 Å². The molecule has 1 aromatic carbocycles. The summed E-state index contributed by atoms with van der Waals surface area (Å²) in [5.74, 6) is 0.155. The number of phenols is 2. The monoisotopic (exact) mass is 349 g/mol. The van der Waals surface area contributed by atoms with Crippen molar-refractivity contribution in [1.82, 2.24) is 9.78 Å². The first kappa shape index (κ1) is 16.5. The smallest absolute Gasteiger partial charge is 0.271 e. The number of nitrogens with zero attached hydrogens (tertiary/aromatic N) is 2. The highest BCUT2D eigenvalue weighted by Gasteiger charge is 2.31. The molecular formula is C16H19N3O4S. The lowest BCUT2D eigenvalue weighted by Crippen LogP contribution is -2.13. The summed E-state index contributed by atoms with van der Waals surface area (Å²) in [6.45, 7) is 5.81. The van der Waals surface area contributed by atoms with Gasteiger partial charge in [-0.2, -0.15) is 0 Å². The predicted molar refractivity (Wildman–Crippen MR) is 94.0 cm³/mol. The highest BCUT2D eigenvalue weighted by molar-refractivity contribution is 8.14. The van der Waals surface area contributed by atoms with Crippen LogP contribution < -0.4 is 10.3 Å². The summed E-state index contributed by atoms with van der Waals surface area (Å²) < 4.78 is 6.85. The number of methoxy groups -OCH3 is 1. The molecule has 2 heterocycles. The number of H-pyrrole nitrogens is 1. The van der Waals surface area contributed by atoms with E-state index in [0.29, 0.717) is 16.9 Å². The van der Waals surface area contributed by atoms with E-state index in [9.17, 15) is 15.0 Å². The van der Waals surface area contributed by atoms with Crippen LogP contribution in [0.4, 0.5) is 5.82 Å². The summed E-state index contributed by atoms with van der Waals surface area (Å²) >= 11 is 1.42. The summed E-state index contributed by atoms with van der Waals surface area (Å²) in [7, 11) is 1.41. The zero-order valence-corrected chi connectivity index (χ0v) is 14.6. The molecule has 0 radical (unpaired) electrons. The fourth-order valence-electron chi connectivity index (χ4n) is 2.74. The van der Waals surface area contributed by atoms with E-state index in [0.717, 1.165) is 5.04 Å². The molecule has 8 heteroatoms. The lowest BCUT2D eigenvalue weighted by molar-refractivity contribution is 0.350. The highest BCUT2D eigenvalue weighted by Crippen LogP contribution is 2.47. The maximum Gasteiger partial charge on any atom is 0.271 e. The van der Waals surface area contributed by atoms with Crippen LogP contribution in [0.15, 0.2) is 21.9 Å². The summed E-state index contributed by atoms with van der Waals surface area (Å²) in [4.78, 5) is 17.0. The molecule has 0 fully saturated rings. The first-order valence-electron chi connectivity index (χ1n) is 7.49. The van der Waals surface area contributed by atoms with Crippen LogP contribution in [0.3, 0.4) is 0 Å². The summed E-state index contributed by atoms with van der Waals surface area (Å²) in [6, 6.07) is 3.13. The molecule has 0 bridgehead atoms. The SMILES string of the molecule is COc1cc([C@@H]2SC(C)=Nc3c2c(=O)[nH]n3C(C)C)cc(O)c1O. The number of rotatable bonds is 3. The number of aromatic hydroxyl groups is 2. The third-order valence-corrected chi connectivity index (χ3v) is 5.04. The summed E-state index contributed by atoms with van der Waals surface area (Å²) in [5.41, 5.74) is 0.986. The van der Waals surface area contributed by atoms with Gasteiger partial charge in [0.15, 0.2) is 17.3 Å². The maximum absolute atomic E-state index is 12.5. The number of aromatic nitrogens is 2. The Kier molecular flexibility index (Phi) is 4.08. The molecule has 128 valence electrons. The minimum atomic E-state index is -0.346. The van der Waals surface area contributed by atoms with Gasteiger partial charge in [0, 0.05) is 6.04 Å². The van der Waals surface area contributed by atoms with Crippen LogP contribution in [0.2, 0.25) is 0 Å². The highest BCUT2D eigenvalue weighted by atomic mass is 32.2. The lowest BCUT2D eigenvalue weighted by atomic mass is 10.0. The number of nitrogens with one attached hydrogen (secondary N) is 1. The standard InChI is InChI=1S/C16H19N3O4S/c1-7(2)19-15-12(16(22)18-19)14(24-8(3)17-15)9-5-10(20)13(21)11(6-9)23-4/h5-7,14,20-21H,1-4H3,(H,18,22)/t14-/m0/s1. The van der Waals surface area contributed by atoms with Crippen LogP contribution in [0.25, 0.3) is 0 Å². The van der Waals surface area contributed by atoms with Crippen LogP contribution in [0, 0.1) is 0 Å². The van der Waals surface area contributed by atoms with E-state index in [1.165, 1.54) is 24.9 Å². The zero-order valence-electron chi connectivity index (χ0n) is 13.8. The Morgan fingerprint density at radius 3 is 2.71 bits per heavy atom. The van der Waals surface area contributed by atoms with Crippen molar-refractivity contribution in [2.24, 2.45) is 4.99 Å². The third kappa shape index (κ3) is 2.56. The van der Waals surface area contributed by atoms with Gasteiger partial charge in [0.05, 0.1) is 23.0 Å². The van der Waals surface area contributed by atoms with Gasteiger partial charge in [-0.3, -0.25) is 14.6 Å². The summed E-state index contributed by atoms with van der Waals surface area (Å²) in [5, 5.41) is 23.1.